The van der Waals surface area contributed by atoms with Gasteiger partial charge in [0.25, 0.3) is 0 Å². The highest BCUT2D eigenvalue weighted by molar-refractivity contribution is 6.14. The number of nitrogens with zero attached hydrogens (tertiary/aromatic N) is 1. The standard InChI is InChI=1S/C52H35NO2/c1-2-17-39-34(13-1)14-10-21-40(39)36-15-9-16-37(33-36)41-18-3-6-24-46(41)53(47-25-12-28-50-51(47)45-20-5-8-27-49(45)54-50)38-31-29-35(30-32-38)42-22-11-23-44-43-19-4-7-26-48(43)55-52(42)44/h1-8,10-14,16-33H,9,15H2. The molecule has 0 radical (unpaired) electrons. The maximum Gasteiger partial charge on any atom is 0.143 e. The van der Waals surface area contributed by atoms with Gasteiger partial charge in [-0.3, -0.25) is 0 Å². The van der Waals surface area contributed by atoms with Crippen LogP contribution in [0.2, 0.25) is 0 Å². The summed E-state index contributed by atoms with van der Waals surface area (Å²) >= 11 is 0. The second-order valence-electron chi connectivity index (χ2n) is 14.3. The molecule has 1 aliphatic rings. The molecule has 8 aromatic carbocycles. The highest BCUT2D eigenvalue weighted by Gasteiger charge is 2.23. The summed E-state index contributed by atoms with van der Waals surface area (Å²) in [5.74, 6) is 0. The van der Waals surface area contributed by atoms with Gasteiger partial charge in [0.1, 0.15) is 22.3 Å². The molecule has 0 aliphatic heterocycles. The predicted octanol–water partition coefficient (Wildman–Crippen LogP) is 15.0. The van der Waals surface area contributed by atoms with Crippen molar-refractivity contribution in [2.75, 3.05) is 4.90 Å². The Morgan fingerprint density at radius 1 is 0.436 bits per heavy atom. The van der Waals surface area contributed by atoms with E-state index >= 15 is 0 Å². The van der Waals surface area contributed by atoms with E-state index in [4.69, 9.17) is 8.83 Å². The van der Waals surface area contributed by atoms with Gasteiger partial charge in [0.15, 0.2) is 0 Å². The lowest BCUT2D eigenvalue weighted by molar-refractivity contribution is 0.669. The van der Waals surface area contributed by atoms with Crippen molar-refractivity contribution in [1.29, 1.82) is 0 Å². The number of benzene rings is 8. The second-order valence-corrected chi connectivity index (χ2v) is 14.3. The van der Waals surface area contributed by atoms with Gasteiger partial charge in [0.2, 0.25) is 0 Å². The molecule has 0 saturated carbocycles. The van der Waals surface area contributed by atoms with Crippen LogP contribution in [0, 0.1) is 0 Å². The van der Waals surface area contributed by atoms with Crippen LogP contribution in [0.1, 0.15) is 24.0 Å². The number of allylic oxidation sites excluding steroid dienone is 4. The average molecular weight is 706 g/mol. The van der Waals surface area contributed by atoms with Gasteiger partial charge >= 0.3 is 0 Å². The maximum atomic E-state index is 6.45. The summed E-state index contributed by atoms with van der Waals surface area (Å²) in [6, 6.07) is 62.5. The molecule has 3 heteroatoms. The molecule has 0 bridgehead atoms. The van der Waals surface area contributed by atoms with E-state index in [0.29, 0.717) is 0 Å². The summed E-state index contributed by atoms with van der Waals surface area (Å²) < 4.78 is 12.9. The van der Waals surface area contributed by atoms with Crippen LogP contribution in [0.3, 0.4) is 0 Å². The zero-order chi connectivity index (χ0) is 36.3. The van der Waals surface area contributed by atoms with Crippen molar-refractivity contribution in [3.8, 4) is 11.1 Å². The number of rotatable bonds is 6. The van der Waals surface area contributed by atoms with E-state index in [1.54, 1.807) is 0 Å². The fraction of sp³-hybridized carbons (Fsp3) is 0.0385. The third kappa shape index (κ3) is 5.20. The molecule has 3 nitrogen and oxygen atoms in total. The van der Waals surface area contributed by atoms with E-state index in [9.17, 15) is 0 Å². The first-order valence-electron chi connectivity index (χ1n) is 19.0. The topological polar surface area (TPSA) is 29.5 Å². The van der Waals surface area contributed by atoms with Crippen molar-refractivity contribution in [3.05, 3.63) is 199 Å². The van der Waals surface area contributed by atoms with Crippen LogP contribution in [-0.2, 0) is 0 Å². The molecule has 0 unspecified atom stereocenters. The van der Waals surface area contributed by atoms with Crippen LogP contribution in [0.25, 0.3) is 76.9 Å². The van der Waals surface area contributed by atoms with Gasteiger partial charge in [-0.15, -0.1) is 0 Å². The summed E-state index contributed by atoms with van der Waals surface area (Å²) in [6.07, 6.45) is 6.79. The third-order valence-corrected chi connectivity index (χ3v) is 11.2. The molecule has 2 aromatic heterocycles. The zero-order valence-corrected chi connectivity index (χ0v) is 30.1. The molecule has 1 aliphatic carbocycles. The molecule has 0 spiro atoms. The summed E-state index contributed by atoms with van der Waals surface area (Å²) in [5, 5.41) is 7.01. The van der Waals surface area contributed by atoms with Gasteiger partial charge in [-0.1, -0.05) is 146 Å². The highest BCUT2D eigenvalue weighted by atomic mass is 16.3. The van der Waals surface area contributed by atoms with Crippen molar-refractivity contribution in [2.45, 2.75) is 12.8 Å². The van der Waals surface area contributed by atoms with Crippen molar-refractivity contribution >= 4 is 82.9 Å². The Bertz CT molecular complexity index is 3150. The number of para-hydroxylation sites is 4. The van der Waals surface area contributed by atoms with Crippen LogP contribution in [0.5, 0.6) is 0 Å². The van der Waals surface area contributed by atoms with E-state index in [1.807, 2.05) is 18.2 Å². The summed E-state index contributed by atoms with van der Waals surface area (Å²) in [7, 11) is 0. The lowest BCUT2D eigenvalue weighted by Crippen LogP contribution is -2.12. The number of furan rings is 2. The van der Waals surface area contributed by atoms with E-state index in [2.05, 4.69) is 175 Å². The maximum absolute atomic E-state index is 6.45. The Hall–Kier alpha value is -7.10. The van der Waals surface area contributed by atoms with Crippen molar-refractivity contribution in [3.63, 3.8) is 0 Å². The Kier molecular flexibility index (Phi) is 7.31. The van der Waals surface area contributed by atoms with Crippen LogP contribution in [0.4, 0.5) is 17.1 Å². The van der Waals surface area contributed by atoms with Crippen molar-refractivity contribution in [1.82, 2.24) is 0 Å². The fourth-order valence-corrected chi connectivity index (χ4v) is 8.64. The average Bonchev–Trinajstić information content (AvgIpc) is 3.83. The molecular formula is C52H35NO2. The lowest BCUT2D eigenvalue weighted by atomic mass is 9.88. The molecule has 0 saturated heterocycles. The van der Waals surface area contributed by atoms with E-state index in [0.717, 1.165) is 84.9 Å². The molecule has 0 amide bonds. The molecule has 2 heterocycles. The Morgan fingerprint density at radius 2 is 1.05 bits per heavy atom. The van der Waals surface area contributed by atoms with Gasteiger partial charge in [0, 0.05) is 33.0 Å². The summed E-state index contributed by atoms with van der Waals surface area (Å²) in [4.78, 5) is 2.41. The first-order chi connectivity index (χ1) is 27.3. The molecule has 11 rings (SSSR count). The van der Waals surface area contributed by atoms with Gasteiger partial charge in [-0.2, -0.15) is 0 Å². The highest BCUT2D eigenvalue weighted by Crippen LogP contribution is 2.47. The number of anilines is 3. The normalized spacial score (nSPS) is 13.2. The third-order valence-electron chi connectivity index (χ3n) is 11.2. The first kappa shape index (κ1) is 31.4. The van der Waals surface area contributed by atoms with Crippen molar-refractivity contribution in [2.24, 2.45) is 0 Å². The zero-order valence-electron chi connectivity index (χ0n) is 30.1. The smallest absolute Gasteiger partial charge is 0.143 e. The quantitative estimate of drug-likeness (QED) is 0.172. The molecule has 0 N–H and O–H groups in total. The fourth-order valence-electron chi connectivity index (χ4n) is 8.64. The van der Waals surface area contributed by atoms with E-state index in [1.165, 1.54) is 33.0 Å². The Morgan fingerprint density at radius 3 is 1.95 bits per heavy atom. The second kappa shape index (κ2) is 12.8. The Balaban J connectivity index is 1.09. The summed E-state index contributed by atoms with van der Waals surface area (Å²) in [6.45, 7) is 0. The van der Waals surface area contributed by atoms with Gasteiger partial charge in [-0.25, -0.2) is 0 Å². The SMILES string of the molecule is C1=C(c2ccccc2N(c2ccc(-c3cccc4c3oc3ccccc34)cc2)c2cccc3oc4ccccc4c23)C=C(c2cccc3ccccc23)CC1. The van der Waals surface area contributed by atoms with Crippen LogP contribution >= 0.6 is 0 Å². The molecule has 55 heavy (non-hydrogen) atoms. The number of hydrogen-bond acceptors (Lipinski definition) is 3. The minimum absolute atomic E-state index is 0.865. The molecule has 0 fully saturated rings. The van der Waals surface area contributed by atoms with Crippen molar-refractivity contribution < 1.29 is 8.83 Å². The van der Waals surface area contributed by atoms with E-state index in [-0.39, 0.29) is 0 Å². The monoisotopic (exact) mass is 705 g/mol. The van der Waals surface area contributed by atoms with Crippen LogP contribution in [0.15, 0.2) is 197 Å². The van der Waals surface area contributed by atoms with E-state index < -0.39 is 0 Å². The molecule has 10 aromatic rings. The predicted molar refractivity (Wildman–Crippen MR) is 230 cm³/mol. The molecule has 260 valence electrons. The molecular weight excluding hydrogens is 671 g/mol. The summed E-state index contributed by atoms with van der Waals surface area (Å²) in [5.41, 5.74) is 14.0. The van der Waals surface area contributed by atoms with Gasteiger partial charge in [-0.05, 0) is 88.4 Å². The van der Waals surface area contributed by atoms with Crippen LogP contribution in [-0.4, -0.2) is 0 Å². The van der Waals surface area contributed by atoms with Gasteiger partial charge in [0.05, 0.1) is 16.8 Å². The van der Waals surface area contributed by atoms with Gasteiger partial charge < -0.3 is 13.7 Å². The molecule has 0 atom stereocenters. The lowest BCUT2D eigenvalue weighted by Gasteiger charge is -2.29. The minimum Gasteiger partial charge on any atom is -0.456 e. The van der Waals surface area contributed by atoms with Crippen LogP contribution < -0.4 is 4.90 Å². The minimum atomic E-state index is 0.865. The number of fused-ring (bicyclic) bond motifs is 7. The number of hydrogen-bond donors (Lipinski definition) is 0. The first-order valence-corrected chi connectivity index (χ1v) is 19.0. The largest absolute Gasteiger partial charge is 0.456 e. The Labute approximate surface area is 318 Å².